The lowest BCUT2D eigenvalue weighted by molar-refractivity contribution is -0.103. The van der Waals surface area contributed by atoms with E-state index in [-0.39, 0.29) is 11.6 Å². The van der Waals surface area contributed by atoms with Gasteiger partial charge in [0.2, 0.25) is 0 Å². The third-order valence-corrected chi connectivity index (χ3v) is 5.25. The standard InChI is InChI=1S/C16H23BrN2O2/c1-2-18-14(15-13(17)4-3-7-19-15)12-5-8-21-16(10-12)6-9-20-11-16/h3-4,7,12,14,18H,2,5-6,8-11H2,1H3. The van der Waals surface area contributed by atoms with Crippen molar-refractivity contribution < 1.29 is 9.47 Å². The molecule has 3 heterocycles. The summed E-state index contributed by atoms with van der Waals surface area (Å²) in [6.45, 7) is 5.48. The number of nitrogens with zero attached hydrogens (tertiary/aromatic N) is 1. The van der Waals surface area contributed by atoms with E-state index in [1.165, 1.54) is 0 Å². The Labute approximate surface area is 134 Å². The van der Waals surface area contributed by atoms with Crippen LogP contribution in [0.5, 0.6) is 0 Å². The highest BCUT2D eigenvalue weighted by Gasteiger charge is 2.43. The summed E-state index contributed by atoms with van der Waals surface area (Å²) >= 11 is 3.65. The van der Waals surface area contributed by atoms with Crippen molar-refractivity contribution in [2.75, 3.05) is 26.4 Å². The van der Waals surface area contributed by atoms with Crippen LogP contribution in [0.4, 0.5) is 0 Å². The van der Waals surface area contributed by atoms with E-state index in [2.05, 4.69) is 39.2 Å². The van der Waals surface area contributed by atoms with Crippen LogP contribution in [0, 0.1) is 5.92 Å². The molecule has 0 bridgehead atoms. The summed E-state index contributed by atoms with van der Waals surface area (Å²) in [6.07, 6.45) is 5.01. The molecule has 0 amide bonds. The number of halogens is 1. The minimum absolute atomic E-state index is 0.0577. The first-order valence-corrected chi connectivity index (χ1v) is 8.59. The van der Waals surface area contributed by atoms with Crippen molar-refractivity contribution in [2.24, 2.45) is 5.92 Å². The molecule has 0 aromatic carbocycles. The maximum Gasteiger partial charge on any atom is 0.0940 e. The predicted molar refractivity (Wildman–Crippen MR) is 85.2 cm³/mol. The van der Waals surface area contributed by atoms with Crippen LogP contribution in [-0.2, 0) is 9.47 Å². The molecular formula is C16H23BrN2O2. The zero-order valence-electron chi connectivity index (χ0n) is 12.5. The fourth-order valence-corrected chi connectivity index (χ4v) is 4.05. The second kappa shape index (κ2) is 6.73. The van der Waals surface area contributed by atoms with Crippen molar-refractivity contribution in [2.45, 2.75) is 37.8 Å². The highest BCUT2D eigenvalue weighted by atomic mass is 79.9. The summed E-state index contributed by atoms with van der Waals surface area (Å²) < 4.78 is 12.7. The van der Waals surface area contributed by atoms with Gasteiger partial charge in [0.15, 0.2) is 0 Å². The number of pyridine rings is 1. The molecule has 1 N–H and O–H groups in total. The molecule has 0 saturated carbocycles. The number of ether oxygens (including phenoxy) is 2. The third-order valence-electron chi connectivity index (χ3n) is 4.58. The first-order chi connectivity index (χ1) is 10.2. The lowest BCUT2D eigenvalue weighted by atomic mass is 9.80. The number of nitrogens with one attached hydrogen (secondary N) is 1. The van der Waals surface area contributed by atoms with Gasteiger partial charge < -0.3 is 14.8 Å². The van der Waals surface area contributed by atoms with Gasteiger partial charge in [0, 0.05) is 30.3 Å². The summed E-state index contributed by atoms with van der Waals surface area (Å²) in [4.78, 5) is 4.61. The largest absolute Gasteiger partial charge is 0.378 e. The Morgan fingerprint density at radius 1 is 1.52 bits per heavy atom. The Morgan fingerprint density at radius 3 is 3.14 bits per heavy atom. The Hall–Kier alpha value is -0.490. The van der Waals surface area contributed by atoms with Gasteiger partial charge in [-0.25, -0.2) is 0 Å². The van der Waals surface area contributed by atoms with E-state index < -0.39 is 0 Å². The van der Waals surface area contributed by atoms with Gasteiger partial charge >= 0.3 is 0 Å². The van der Waals surface area contributed by atoms with Crippen molar-refractivity contribution in [3.8, 4) is 0 Å². The molecule has 5 heteroatoms. The number of aromatic nitrogens is 1. The SMILES string of the molecule is CCNC(c1ncccc1Br)C1CCOC2(CCOC2)C1. The fraction of sp³-hybridized carbons (Fsp3) is 0.688. The molecule has 116 valence electrons. The summed E-state index contributed by atoms with van der Waals surface area (Å²) in [5.41, 5.74) is 1.05. The Balaban J connectivity index is 1.82. The van der Waals surface area contributed by atoms with Crippen LogP contribution in [-0.4, -0.2) is 37.0 Å². The molecule has 2 saturated heterocycles. The molecule has 1 aromatic rings. The molecular weight excluding hydrogens is 332 g/mol. The van der Waals surface area contributed by atoms with E-state index in [4.69, 9.17) is 9.47 Å². The van der Waals surface area contributed by atoms with Crippen LogP contribution in [0.15, 0.2) is 22.8 Å². The van der Waals surface area contributed by atoms with E-state index in [1.54, 1.807) is 0 Å². The van der Waals surface area contributed by atoms with Gasteiger partial charge in [0.1, 0.15) is 0 Å². The number of hydrogen-bond acceptors (Lipinski definition) is 4. The van der Waals surface area contributed by atoms with Crippen molar-refractivity contribution in [1.29, 1.82) is 0 Å². The van der Waals surface area contributed by atoms with Gasteiger partial charge in [-0.3, -0.25) is 4.98 Å². The van der Waals surface area contributed by atoms with Crippen LogP contribution < -0.4 is 5.32 Å². The van der Waals surface area contributed by atoms with E-state index in [0.717, 1.165) is 55.8 Å². The Bertz CT molecular complexity index is 477. The average molecular weight is 355 g/mol. The van der Waals surface area contributed by atoms with Crippen LogP contribution in [0.25, 0.3) is 0 Å². The average Bonchev–Trinajstić information content (AvgIpc) is 2.93. The molecule has 4 nitrogen and oxygen atoms in total. The molecule has 0 aliphatic carbocycles. The molecule has 0 radical (unpaired) electrons. The second-order valence-electron chi connectivity index (χ2n) is 5.99. The molecule has 3 unspecified atom stereocenters. The Morgan fingerprint density at radius 2 is 2.43 bits per heavy atom. The number of hydrogen-bond donors (Lipinski definition) is 1. The van der Waals surface area contributed by atoms with Gasteiger partial charge in [-0.2, -0.15) is 0 Å². The molecule has 21 heavy (non-hydrogen) atoms. The normalized spacial score (nSPS) is 30.7. The smallest absolute Gasteiger partial charge is 0.0940 e. The van der Waals surface area contributed by atoms with Gasteiger partial charge in [-0.1, -0.05) is 6.92 Å². The van der Waals surface area contributed by atoms with Crippen LogP contribution >= 0.6 is 15.9 Å². The first-order valence-electron chi connectivity index (χ1n) is 7.79. The van der Waals surface area contributed by atoms with E-state index >= 15 is 0 Å². The monoisotopic (exact) mass is 354 g/mol. The molecule has 1 aromatic heterocycles. The maximum absolute atomic E-state index is 6.07. The van der Waals surface area contributed by atoms with Gasteiger partial charge in [-0.05, 0) is 53.4 Å². The lowest BCUT2D eigenvalue weighted by Gasteiger charge is -2.40. The zero-order chi connectivity index (χ0) is 14.7. The van der Waals surface area contributed by atoms with E-state index in [1.807, 2.05) is 12.3 Å². The minimum atomic E-state index is -0.0577. The highest BCUT2D eigenvalue weighted by molar-refractivity contribution is 9.10. The second-order valence-corrected chi connectivity index (χ2v) is 6.85. The third kappa shape index (κ3) is 3.31. The minimum Gasteiger partial charge on any atom is -0.378 e. The van der Waals surface area contributed by atoms with E-state index in [0.29, 0.717) is 5.92 Å². The quantitative estimate of drug-likeness (QED) is 0.902. The fourth-order valence-electron chi connectivity index (χ4n) is 3.55. The Kier molecular flexibility index (Phi) is 4.94. The van der Waals surface area contributed by atoms with Gasteiger partial charge in [-0.15, -0.1) is 0 Å². The summed E-state index contributed by atoms with van der Waals surface area (Å²) in [6, 6.07) is 4.31. The number of rotatable bonds is 4. The van der Waals surface area contributed by atoms with Crippen LogP contribution in [0.2, 0.25) is 0 Å². The molecule has 3 rings (SSSR count). The summed E-state index contributed by atoms with van der Waals surface area (Å²) in [5.74, 6) is 0.534. The summed E-state index contributed by atoms with van der Waals surface area (Å²) in [7, 11) is 0. The molecule has 2 fully saturated rings. The van der Waals surface area contributed by atoms with E-state index in [9.17, 15) is 0 Å². The molecule has 1 spiro atoms. The first kappa shape index (κ1) is 15.4. The topological polar surface area (TPSA) is 43.4 Å². The highest BCUT2D eigenvalue weighted by Crippen LogP contribution is 2.41. The van der Waals surface area contributed by atoms with Crippen molar-refractivity contribution in [3.05, 3.63) is 28.5 Å². The lowest BCUT2D eigenvalue weighted by Crippen LogP contribution is -2.44. The molecule has 2 aliphatic rings. The van der Waals surface area contributed by atoms with Gasteiger partial charge in [0.25, 0.3) is 0 Å². The van der Waals surface area contributed by atoms with Crippen LogP contribution in [0.3, 0.4) is 0 Å². The molecule has 3 atom stereocenters. The predicted octanol–water partition coefficient (Wildman–Crippen LogP) is 3.08. The van der Waals surface area contributed by atoms with Crippen molar-refractivity contribution in [1.82, 2.24) is 10.3 Å². The van der Waals surface area contributed by atoms with Crippen molar-refractivity contribution in [3.63, 3.8) is 0 Å². The summed E-state index contributed by atoms with van der Waals surface area (Å²) in [5, 5.41) is 3.63. The zero-order valence-corrected chi connectivity index (χ0v) is 14.1. The maximum atomic E-state index is 6.07. The molecule has 2 aliphatic heterocycles. The van der Waals surface area contributed by atoms with Gasteiger partial charge in [0.05, 0.1) is 23.9 Å². The van der Waals surface area contributed by atoms with Crippen LogP contribution in [0.1, 0.15) is 37.9 Å². The van der Waals surface area contributed by atoms with Crippen molar-refractivity contribution >= 4 is 15.9 Å².